The lowest BCUT2D eigenvalue weighted by Gasteiger charge is -2.10. The van der Waals surface area contributed by atoms with Crippen LogP contribution in [0.3, 0.4) is 0 Å². The molecule has 11 heteroatoms. The first-order valence-electron chi connectivity index (χ1n) is 7.94. The predicted octanol–water partition coefficient (Wildman–Crippen LogP) is 5.26. The number of carbonyl (C=O) groups excluding carboxylic acids is 2. The molecule has 0 atom stereocenters. The van der Waals surface area contributed by atoms with Crippen molar-refractivity contribution in [2.45, 2.75) is 13.1 Å². The van der Waals surface area contributed by atoms with Gasteiger partial charge in [0.1, 0.15) is 5.58 Å². The van der Waals surface area contributed by atoms with Crippen molar-refractivity contribution in [1.29, 1.82) is 0 Å². The van der Waals surface area contributed by atoms with E-state index in [-0.39, 0.29) is 11.6 Å². The third kappa shape index (κ3) is 4.63. The summed E-state index contributed by atoms with van der Waals surface area (Å²) in [6, 6.07) is 5.43. The fraction of sp³-hybridized carbons (Fsp3) is 0.167. The number of ether oxygens (including phenoxy) is 1. The smallest absolute Gasteiger partial charge is 0.417 e. The summed E-state index contributed by atoms with van der Waals surface area (Å²) in [6.45, 7) is 0.903. The van der Waals surface area contributed by atoms with Gasteiger partial charge in [0.2, 0.25) is 5.76 Å². The Kier molecular flexibility index (Phi) is 5.72. The van der Waals surface area contributed by atoms with Gasteiger partial charge in [0.15, 0.2) is 12.4 Å². The predicted molar refractivity (Wildman–Crippen MR) is 99.1 cm³/mol. The topological polar surface area (TPSA) is 81.4 Å². The molecule has 0 saturated carbocycles. The van der Waals surface area contributed by atoms with E-state index >= 15 is 0 Å². The molecule has 152 valence electrons. The first-order chi connectivity index (χ1) is 13.6. The van der Waals surface area contributed by atoms with Gasteiger partial charge in [-0.25, -0.2) is 9.78 Å². The average molecular weight is 447 g/mol. The number of furan rings is 1. The van der Waals surface area contributed by atoms with Gasteiger partial charge < -0.3 is 14.5 Å². The fourth-order valence-electron chi connectivity index (χ4n) is 2.44. The third-order valence-corrected chi connectivity index (χ3v) is 4.37. The highest BCUT2D eigenvalue weighted by molar-refractivity contribution is 6.33. The van der Waals surface area contributed by atoms with Gasteiger partial charge in [0, 0.05) is 22.2 Å². The van der Waals surface area contributed by atoms with Crippen molar-refractivity contribution in [2.75, 3.05) is 11.9 Å². The summed E-state index contributed by atoms with van der Waals surface area (Å²) in [5.74, 6) is -2.13. The van der Waals surface area contributed by atoms with E-state index in [0.717, 1.165) is 0 Å². The zero-order valence-electron chi connectivity index (χ0n) is 14.6. The Hall–Kier alpha value is -2.78. The summed E-state index contributed by atoms with van der Waals surface area (Å²) >= 11 is 11.6. The molecule has 1 aromatic carbocycles. The monoisotopic (exact) mass is 446 g/mol. The van der Waals surface area contributed by atoms with Gasteiger partial charge in [0.05, 0.1) is 10.6 Å². The van der Waals surface area contributed by atoms with E-state index in [2.05, 4.69) is 10.3 Å². The van der Waals surface area contributed by atoms with E-state index in [0.29, 0.717) is 33.8 Å². The second kappa shape index (κ2) is 7.92. The standard InChI is InChI=1S/C18H11Cl2F3N2O4/c1-8-11-5-10(19)2-3-13(11)29-15(8)17(27)28-7-14(26)25-16-12(20)4-9(6-24-16)18(21,22)23/h2-6H,7H2,1H3,(H,24,25,26). The van der Waals surface area contributed by atoms with Crippen LogP contribution < -0.4 is 5.32 Å². The van der Waals surface area contributed by atoms with Gasteiger partial charge in [-0.1, -0.05) is 23.2 Å². The summed E-state index contributed by atoms with van der Waals surface area (Å²) in [5, 5.41) is 2.84. The number of nitrogens with one attached hydrogen (secondary N) is 1. The number of amides is 1. The number of hydrogen-bond donors (Lipinski definition) is 1. The van der Waals surface area contributed by atoms with Gasteiger partial charge in [-0.3, -0.25) is 4.79 Å². The van der Waals surface area contributed by atoms with Crippen LogP contribution in [0.2, 0.25) is 10.0 Å². The van der Waals surface area contributed by atoms with Crippen LogP contribution in [-0.4, -0.2) is 23.5 Å². The summed E-state index contributed by atoms with van der Waals surface area (Å²) in [6.07, 6.45) is -4.10. The number of benzene rings is 1. The molecule has 0 bridgehead atoms. The second-order valence-corrected chi connectivity index (χ2v) is 6.72. The maximum absolute atomic E-state index is 12.6. The van der Waals surface area contributed by atoms with Gasteiger partial charge >= 0.3 is 12.1 Å². The number of aryl methyl sites for hydroxylation is 1. The van der Waals surface area contributed by atoms with Gasteiger partial charge in [0.25, 0.3) is 5.91 Å². The zero-order chi connectivity index (χ0) is 21.3. The second-order valence-electron chi connectivity index (χ2n) is 5.87. The number of hydrogen-bond acceptors (Lipinski definition) is 5. The van der Waals surface area contributed by atoms with Crippen molar-refractivity contribution in [2.24, 2.45) is 0 Å². The van der Waals surface area contributed by atoms with Crippen molar-refractivity contribution in [1.82, 2.24) is 4.98 Å². The molecule has 3 rings (SSSR count). The molecule has 0 saturated heterocycles. The van der Waals surface area contributed by atoms with Crippen molar-refractivity contribution >= 4 is 51.9 Å². The number of halogens is 5. The molecule has 0 unspecified atom stereocenters. The quantitative estimate of drug-likeness (QED) is 0.552. The van der Waals surface area contributed by atoms with Crippen LogP contribution in [0.15, 0.2) is 34.9 Å². The SMILES string of the molecule is Cc1c(C(=O)OCC(=O)Nc2ncc(C(F)(F)F)cc2Cl)oc2ccc(Cl)cc12. The highest BCUT2D eigenvalue weighted by atomic mass is 35.5. The molecular formula is C18H11Cl2F3N2O4. The number of alkyl halides is 3. The third-order valence-electron chi connectivity index (χ3n) is 3.84. The molecule has 1 N–H and O–H groups in total. The Morgan fingerprint density at radius 2 is 1.97 bits per heavy atom. The molecule has 2 aromatic heterocycles. The van der Waals surface area contributed by atoms with E-state index in [9.17, 15) is 22.8 Å². The molecule has 0 fully saturated rings. The zero-order valence-corrected chi connectivity index (χ0v) is 16.1. The van der Waals surface area contributed by atoms with Crippen LogP contribution in [0.25, 0.3) is 11.0 Å². The lowest BCUT2D eigenvalue weighted by molar-refractivity contribution is -0.137. The largest absolute Gasteiger partial charge is 0.450 e. The van der Waals surface area contributed by atoms with E-state index in [4.69, 9.17) is 32.4 Å². The molecule has 2 heterocycles. The van der Waals surface area contributed by atoms with Crippen molar-refractivity contribution in [3.63, 3.8) is 0 Å². The van der Waals surface area contributed by atoms with Crippen LogP contribution in [-0.2, 0) is 15.7 Å². The minimum atomic E-state index is -4.62. The molecule has 3 aromatic rings. The fourth-order valence-corrected chi connectivity index (χ4v) is 2.82. The molecule has 6 nitrogen and oxygen atoms in total. The Morgan fingerprint density at radius 3 is 2.62 bits per heavy atom. The Labute approximate surface area is 171 Å². The van der Waals surface area contributed by atoms with Crippen LogP contribution in [0.1, 0.15) is 21.7 Å². The van der Waals surface area contributed by atoms with Crippen LogP contribution in [0.5, 0.6) is 0 Å². The van der Waals surface area contributed by atoms with E-state index in [1.165, 1.54) is 0 Å². The molecular weight excluding hydrogens is 436 g/mol. The van der Waals surface area contributed by atoms with Crippen LogP contribution >= 0.6 is 23.2 Å². The lowest BCUT2D eigenvalue weighted by atomic mass is 10.1. The number of carbonyl (C=O) groups is 2. The van der Waals surface area contributed by atoms with Gasteiger partial charge in [-0.05, 0) is 31.2 Å². The molecule has 0 spiro atoms. The normalized spacial score (nSPS) is 11.5. The highest BCUT2D eigenvalue weighted by Crippen LogP contribution is 2.32. The van der Waals surface area contributed by atoms with E-state index in [1.54, 1.807) is 25.1 Å². The number of esters is 1. The summed E-state index contributed by atoms with van der Waals surface area (Å²) in [5.41, 5.74) is -0.156. The first kappa shape index (κ1) is 20.9. The maximum Gasteiger partial charge on any atom is 0.417 e. The summed E-state index contributed by atoms with van der Waals surface area (Å²) in [4.78, 5) is 27.6. The highest BCUT2D eigenvalue weighted by Gasteiger charge is 2.31. The summed E-state index contributed by atoms with van der Waals surface area (Å²) in [7, 11) is 0. The van der Waals surface area contributed by atoms with E-state index < -0.39 is 35.2 Å². The maximum atomic E-state index is 12.6. The summed E-state index contributed by atoms with van der Waals surface area (Å²) < 4.78 is 48.1. The number of anilines is 1. The number of pyridine rings is 1. The van der Waals surface area contributed by atoms with Crippen molar-refractivity contribution in [3.8, 4) is 0 Å². The molecule has 0 aliphatic heterocycles. The Morgan fingerprint density at radius 1 is 1.24 bits per heavy atom. The number of fused-ring (bicyclic) bond motifs is 1. The molecule has 0 aliphatic rings. The van der Waals surface area contributed by atoms with Crippen LogP contribution in [0, 0.1) is 6.92 Å². The number of nitrogens with zero attached hydrogens (tertiary/aromatic N) is 1. The number of rotatable bonds is 4. The molecule has 29 heavy (non-hydrogen) atoms. The van der Waals surface area contributed by atoms with Gasteiger partial charge in [-0.2, -0.15) is 13.2 Å². The van der Waals surface area contributed by atoms with Crippen LogP contribution in [0.4, 0.5) is 19.0 Å². The number of aromatic nitrogens is 1. The molecule has 0 radical (unpaired) electrons. The minimum Gasteiger partial charge on any atom is -0.450 e. The minimum absolute atomic E-state index is 0.0965. The Bertz CT molecular complexity index is 1110. The van der Waals surface area contributed by atoms with Gasteiger partial charge in [-0.15, -0.1) is 0 Å². The van der Waals surface area contributed by atoms with Crippen molar-refractivity contribution in [3.05, 3.63) is 57.4 Å². The Balaban J connectivity index is 1.65. The molecule has 1 amide bonds. The lowest BCUT2D eigenvalue weighted by Crippen LogP contribution is -2.22. The average Bonchev–Trinajstić information content (AvgIpc) is 2.97. The van der Waals surface area contributed by atoms with Crippen molar-refractivity contribution < 1.29 is 31.9 Å². The molecule has 0 aliphatic carbocycles. The van der Waals surface area contributed by atoms with E-state index in [1.807, 2.05) is 0 Å². The first-order valence-corrected chi connectivity index (χ1v) is 8.70.